The summed E-state index contributed by atoms with van der Waals surface area (Å²) in [6, 6.07) is 10.7. The Balaban J connectivity index is 2.08. The van der Waals surface area contributed by atoms with Crippen LogP contribution in [0.25, 0.3) is 0 Å². The minimum absolute atomic E-state index is 0.400. The Morgan fingerprint density at radius 1 is 0.789 bits per heavy atom. The van der Waals surface area contributed by atoms with Crippen molar-refractivity contribution in [1.82, 2.24) is 0 Å². The summed E-state index contributed by atoms with van der Waals surface area (Å²) in [5.74, 6) is -4.38. The highest BCUT2D eigenvalue weighted by molar-refractivity contribution is 8.89. The second-order valence-corrected chi connectivity index (χ2v) is 10.6. The van der Waals surface area contributed by atoms with Gasteiger partial charge in [0.25, 0.3) is 0 Å². The molecule has 19 heavy (non-hydrogen) atoms. The molecular formula is C12H9F2O2PS2. The second-order valence-electron chi connectivity index (χ2n) is 3.56. The lowest BCUT2D eigenvalue weighted by Gasteiger charge is -2.09. The van der Waals surface area contributed by atoms with E-state index in [2.05, 4.69) is 0 Å². The van der Waals surface area contributed by atoms with Gasteiger partial charge in [0.2, 0.25) is 0 Å². The van der Waals surface area contributed by atoms with Crippen molar-refractivity contribution in [3.8, 4) is 0 Å². The maximum absolute atomic E-state index is 12.7. The van der Waals surface area contributed by atoms with Gasteiger partial charge >= 0.3 is 5.77 Å². The van der Waals surface area contributed by atoms with Gasteiger partial charge in [-0.2, -0.15) is 0 Å². The molecular weight excluding hydrogens is 309 g/mol. The maximum Gasteiger partial charge on any atom is 0.319 e. The largest absolute Gasteiger partial charge is 0.329 e. The molecule has 0 bridgehead atoms. The summed E-state index contributed by atoms with van der Waals surface area (Å²) < 4.78 is 37.5. The number of rotatable bonds is 4. The van der Waals surface area contributed by atoms with E-state index in [1.807, 2.05) is 0 Å². The van der Waals surface area contributed by atoms with E-state index in [0.29, 0.717) is 9.79 Å². The third-order valence-electron chi connectivity index (χ3n) is 2.07. The van der Waals surface area contributed by atoms with Crippen molar-refractivity contribution in [2.75, 3.05) is 0 Å². The molecule has 7 heteroatoms. The minimum atomic E-state index is -3.58. The van der Waals surface area contributed by atoms with Crippen molar-refractivity contribution in [2.24, 2.45) is 0 Å². The monoisotopic (exact) mass is 318 g/mol. The molecule has 0 radical (unpaired) electrons. The summed E-state index contributed by atoms with van der Waals surface area (Å²) in [7, 11) is 0. The number of halogens is 2. The molecule has 0 saturated heterocycles. The van der Waals surface area contributed by atoms with E-state index in [1.54, 1.807) is 0 Å². The molecule has 2 nitrogen and oxygen atoms in total. The Morgan fingerprint density at radius 3 is 1.42 bits per heavy atom. The Labute approximate surface area is 117 Å². The second kappa shape index (κ2) is 6.09. The lowest BCUT2D eigenvalue weighted by molar-refractivity contribution is 0.514. The van der Waals surface area contributed by atoms with Crippen LogP contribution in [-0.2, 0) is 4.57 Å². The Kier molecular flexibility index (Phi) is 4.68. The van der Waals surface area contributed by atoms with Crippen LogP contribution in [0.3, 0.4) is 0 Å². The molecule has 0 atom stereocenters. The van der Waals surface area contributed by atoms with Gasteiger partial charge in [0.15, 0.2) is 0 Å². The predicted molar refractivity (Wildman–Crippen MR) is 74.3 cm³/mol. The van der Waals surface area contributed by atoms with Crippen molar-refractivity contribution in [2.45, 2.75) is 9.79 Å². The van der Waals surface area contributed by atoms with E-state index < -0.39 is 17.4 Å². The zero-order valence-electron chi connectivity index (χ0n) is 9.49. The molecule has 0 saturated carbocycles. The van der Waals surface area contributed by atoms with Crippen molar-refractivity contribution in [3.05, 3.63) is 60.2 Å². The van der Waals surface area contributed by atoms with Gasteiger partial charge in [-0.25, -0.2) is 8.78 Å². The van der Waals surface area contributed by atoms with Crippen LogP contribution in [0.1, 0.15) is 0 Å². The molecule has 2 aromatic carbocycles. The molecule has 2 aromatic rings. The summed E-state index contributed by atoms with van der Waals surface area (Å²) in [5.41, 5.74) is 0. The van der Waals surface area contributed by atoms with Crippen LogP contribution in [0.15, 0.2) is 58.3 Å². The molecule has 0 fully saturated rings. The van der Waals surface area contributed by atoms with Crippen LogP contribution >= 0.6 is 28.5 Å². The maximum atomic E-state index is 12.7. The summed E-state index contributed by atoms with van der Waals surface area (Å²) in [6.45, 7) is 0. The fraction of sp³-hybridized carbons (Fsp3) is 0. The van der Waals surface area contributed by atoms with Gasteiger partial charge in [-0.3, -0.25) is 4.57 Å². The SMILES string of the molecule is O=P(O)(Sc1ccc(F)cc1)Sc1ccc(F)cc1. The van der Waals surface area contributed by atoms with Gasteiger partial charge < -0.3 is 4.89 Å². The van der Waals surface area contributed by atoms with E-state index in [-0.39, 0.29) is 0 Å². The molecule has 0 spiro atoms. The quantitative estimate of drug-likeness (QED) is 0.809. The molecule has 2 rings (SSSR count). The normalized spacial score (nSPS) is 11.5. The topological polar surface area (TPSA) is 37.3 Å². The molecule has 100 valence electrons. The molecule has 0 aliphatic carbocycles. The van der Waals surface area contributed by atoms with Crippen LogP contribution in [0.5, 0.6) is 0 Å². The van der Waals surface area contributed by atoms with Crippen molar-refractivity contribution >= 4 is 28.5 Å². The summed E-state index contributed by atoms with van der Waals surface area (Å²) in [6.07, 6.45) is 0. The Hall–Kier alpha value is -0.810. The molecule has 0 aliphatic rings. The zero-order valence-corrected chi connectivity index (χ0v) is 12.0. The summed E-state index contributed by atoms with van der Waals surface area (Å²) >= 11 is 1.53. The predicted octanol–water partition coefficient (Wildman–Crippen LogP) is 4.95. The number of hydrogen-bond acceptors (Lipinski definition) is 3. The first-order chi connectivity index (χ1) is 8.94. The van der Waals surface area contributed by atoms with E-state index >= 15 is 0 Å². The lowest BCUT2D eigenvalue weighted by Crippen LogP contribution is -1.76. The van der Waals surface area contributed by atoms with Crippen LogP contribution in [0, 0.1) is 11.6 Å². The fourth-order valence-electron chi connectivity index (χ4n) is 1.28. The highest BCUT2D eigenvalue weighted by atomic mass is 33.1. The zero-order chi connectivity index (χ0) is 13.9. The van der Waals surface area contributed by atoms with Gasteiger partial charge in [0, 0.05) is 9.79 Å². The van der Waals surface area contributed by atoms with Gasteiger partial charge in [-0.15, -0.1) is 0 Å². The summed E-state index contributed by atoms with van der Waals surface area (Å²) in [5, 5.41) is 0. The van der Waals surface area contributed by atoms with Crippen LogP contribution < -0.4 is 0 Å². The third kappa shape index (κ3) is 4.66. The van der Waals surface area contributed by atoms with Gasteiger partial charge in [0.05, 0.1) is 0 Å². The first-order valence-corrected chi connectivity index (χ1v) is 9.68. The standard InChI is InChI=1S/C12H9F2O2PS2/c13-9-1-5-11(6-2-9)18-17(15,16)19-12-7-3-10(14)4-8-12/h1-8H,(H,15,16). The molecule has 0 aromatic heterocycles. The number of benzene rings is 2. The highest BCUT2D eigenvalue weighted by Crippen LogP contribution is 2.70. The van der Waals surface area contributed by atoms with Gasteiger partial charge in [0.1, 0.15) is 11.6 Å². The lowest BCUT2D eigenvalue weighted by atomic mass is 10.4. The summed E-state index contributed by atoms with van der Waals surface area (Å²) in [4.78, 5) is 10.9. The highest BCUT2D eigenvalue weighted by Gasteiger charge is 2.22. The first kappa shape index (κ1) is 14.6. The van der Waals surface area contributed by atoms with Crippen LogP contribution in [0.2, 0.25) is 0 Å². The van der Waals surface area contributed by atoms with Crippen LogP contribution in [0.4, 0.5) is 8.78 Å². The number of hydrogen-bond donors (Lipinski definition) is 1. The van der Waals surface area contributed by atoms with Crippen molar-refractivity contribution < 1.29 is 18.2 Å². The Morgan fingerprint density at radius 2 is 1.11 bits per heavy atom. The van der Waals surface area contributed by atoms with E-state index in [1.165, 1.54) is 48.5 Å². The van der Waals surface area contributed by atoms with E-state index in [0.717, 1.165) is 22.8 Å². The van der Waals surface area contributed by atoms with E-state index in [4.69, 9.17) is 0 Å². The Bertz CT molecular complexity index is 551. The van der Waals surface area contributed by atoms with Crippen molar-refractivity contribution in [3.63, 3.8) is 0 Å². The molecule has 1 N–H and O–H groups in total. The average Bonchev–Trinajstić information content (AvgIpc) is 2.34. The van der Waals surface area contributed by atoms with Crippen LogP contribution in [-0.4, -0.2) is 4.89 Å². The molecule has 0 heterocycles. The van der Waals surface area contributed by atoms with E-state index in [9.17, 15) is 18.2 Å². The molecule has 0 aliphatic heterocycles. The minimum Gasteiger partial charge on any atom is -0.329 e. The fourth-order valence-corrected chi connectivity index (χ4v) is 6.69. The third-order valence-corrected chi connectivity index (χ3v) is 7.49. The first-order valence-electron chi connectivity index (χ1n) is 5.18. The molecule has 0 unspecified atom stereocenters. The molecule has 0 amide bonds. The average molecular weight is 318 g/mol. The smallest absolute Gasteiger partial charge is 0.319 e. The van der Waals surface area contributed by atoms with Crippen molar-refractivity contribution in [1.29, 1.82) is 0 Å². The van der Waals surface area contributed by atoms with Gasteiger partial charge in [-0.05, 0) is 71.3 Å². The van der Waals surface area contributed by atoms with Gasteiger partial charge in [-0.1, -0.05) is 0 Å².